The summed E-state index contributed by atoms with van der Waals surface area (Å²) in [5.41, 5.74) is 0. The van der Waals surface area contributed by atoms with Crippen molar-refractivity contribution in [3.63, 3.8) is 0 Å². The number of hydrogen-bond donors (Lipinski definition) is 1. The van der Waals surface area contributed by atoms with Crippen LogP contribution in [-0.2, 0) is 9.47 Å². The predicted octanol–water partition coefficient (Wildman–Crippen LogP) is -0.0423. The first-order chi connectivity index (χ1) is 5.29. The van der Waals surface area contributed by atoms with E-state index in [1.54, 1.807) is 7.11 Å². The van der Waals surface area contributed by atoms with Gasteiger partial charge in [0.15, 0.2) is 0 Å². The van der Waals surface area contributed by atoms with Crippen LogP contribution >= 0.6 is 0 Å². The molecule has 1 aliphatic rings. The second-order valence-electron chi connectivity index (χ2n) is 2.65. The molecule has 0 aliphatic carbocycles. The molecule has 3 atom stereocenters. The molecule has 0 saturated carbocycles. The van der Waals surface area contributed by atoms with E-state index in [9.17, 15) is 4.39 Å². The van der Waals surface area contributed by atoms with Crippen molar-refractivity contribution in [1.82, 2.24) is 5.32 Å². The van der Waals surface area contributed by atoms with Crippen LogP contribution in [0.2, 0.25) is 0 Å². The Balaban J connectivity index is 2.48. The quantitative estimate of drug-likeness (QED) is 0.619. The van der Waals surface area contributed by atoms with Crippen LogP contribution in [0.4, 0.5) is 4.39 Å². The summed E-state index contributed by atoms with van der Waals surface area (Å²) in [6, 6.07) is 0. The minimum atomic E-state index is -0.960. The SMILES string of the molecule is CO[C@@H]1[C@H](F)CNC[C@@H]1OC. The van der Waals surface area contributed by atoms with Crippen LogP contribution in [0.5, 0.6) is 0 Å². The summed E-state index contributed by atoms with van der Waals surface area (Å²) in [5.74, 6) is 0. The van der Waals surface area contributed by atoms with E-state index < -0.39 is 12.3 Å². The van der Waals surface area contributed by atoms with E-state index in [1.165, 1.54) is 7.11 Å². The molecule has 3 nitrogen and oxygen atoms in total. The highest BCUT2D eigenvalue weighted by Gasteiger charge is 2.33. The van der Waals surface area contributed by atoms with E-state index in [0.717, 1.165) is 0 Å². The van der Waals surface area contributed by atoms with Crippen LogP contribution < -0.4 is 5.32 Å². The molecule has 1 fully saturated rings. The maximum atomic E-state index is 13.0. The minimum Gasteiger partial charge on any atom is -0.377 e. The molecule has 1 heterocycles. The molecule has 0 amide bonds. The highest BCUT2D eigenvalue weighted by atomic mass is 19.1. The van der Waals surface area contributed by atoms with Gasteiger partial charge in [-0.2, -0.15) is 0 Å². The van der Waals surface area contributed by atoms with Crippen molar-refractivity contribution in [2.24, 2.45) is 0 Å². The van der Waals surface area contributed by atoms with Crippen molar-refractivity contribution in [1.29, 1.82) is 0 Å². The third-order valence-electron chi connectivity index (χ3n) is 1.98. The lowest BCUT2D eigenvalue weighted by molar-refractivity contribution is -0.0857. The van der Waals surface area contributed by atoms with Gasteiger partial charge in [-0.25, -0.2) is 4.39 Å². The van der Waals surface area contributed by atoms with Gasteiger partial charge in [0.25, 0.3) is 0 Å². The van der Waals surface area contributed by atoms with Crippen molar-refractivity contribution in [2.45, 2.75) is 18.4 Å². The molecule has 1 saturated heterocycles. The van der Waals surface area contributed by atoms with E-state index in [1.807, 2.05) is 0 Å². The molecule has 66 valence electrons. The van der Waals surface area contributed by atoms with Gasteiger partial charge in [0.1, 0.15) is 12.3 Å². The summed E-state index contributed by atoms with van der Waals surface area (Å²) in [5, 5.41) is 2.92. The molecular formula is C7H14FNO2. The third-order valence-corrected chi connectivity index (χ3v) is 1.98. The third kappa shape index (κ3) is 1.89. The highest BCUT2D eigenvalue weighted by molar-refractivity contribution is 4.86. The van der Waals surface area contributed by atoms with Crippen LogP contribution in [0.1, 0.15) is 0 Å². The van der Waals surface area contributed by atoms with Crippen LogP contribution in [0.25, 0.3) is 0 Å². The Bertz CT molecular complexity index is 123. The van der Waals surface area contributed by atoms with E-state index >= 15 is 0 Å². The second-order valence-corrected chi connectivity index (χ2v) is 2.65. The zero-order valence-electron chi connectivity index (χ0n) is 6.84. The fourth-order valence-corrected chi connectivity index (χ4v) is 1.35. The van der Waals surface area contributed by atoms with Gasteiger partial charge < -0.3 is 14.8 Å². The van der Waals surface area contributed by atoms with E-state index in [0.29, 0.717) is 13.1 Å². The van der Waals surface area contributed by atoms with E-state index in [4.69, 9.17) is 9.47 Å². The van der Waals surface area contributed by atoms with E-state index in [-0.39, 0.29) is 6.10 Å². The summed E-state index contributed by atoms with van der Waals surface area (Å²) >= 11 is 0. The average Bonchev–Trinajstić information content (AvgIpc) is 2.04. The number of halogens is 1. The molecule has 0 aromatic heterocycles. The molecule has 0 unspecified atom stereocenters. The Hall–Kier alpha value is -0.190. The minimum absolute atomic E-state index is 0.163. The maximum absolute atomic E-state index is 13.0. The molecule has 1 N–H and O–H groups in total. The molecular weight excluding hydrogens is 149 g/mol. The van der Waals surface area contributed by atoms with Gasteiger partial charge in [-0.05, 0) is 0 Å². The highest BCUT2D eigenvalue weighted by Crippen LogP contribution is 2.13. The largest absolute Gasteiger partial charge is 0.377 e. The van der Waals surface area contributed by atoms with Crippen LogP contribution in [0, 0.1) is 0 Å². The summed E-state index contributed by atoms with van der Waals surface area (Å²) in [7, 11) is 3.07. The lowest BCUT2D eigenvalue weighted by Gasteiger charge is -2.32. The Morgan fingerprint density at radius 2 is 2.00 bits per heavy atom. The lowest BCUT2D eigenvalue weighted by atomic mass is 10.1. The summed E-state index contributed by atoms with van der Waals surface area (Å²) in [6.45, 7) is 1.02. The normalized spacial score (nSPS) is 39.0. The Morgan fingerprint density at radius 3 is 2.45 bits per heavy atom. The van der Waals surface area contributed by atoms with Gasteiger partial charge in [-0.15, -0.1) is 0 Å². The lowest BCUT2D eigenvalue weighted by Crippen LogP contribution is -2.53. The first kappa shape index (κ1) is 8.90. The summed E-state index contributed by atoms with van der Waals surface area (Å²) < 4.78 is 23.0. The first-order valence-corrected chi connectivity index (χ1v) is 3.70. The van der Waals surface area contributed by atoms with Gasteiger partial charge in [0.05, 0.1) is 6.10 Å². The standard InChI is InChI=1S/C7H14FNO2/c1-10-6-4-9-3-5(8)7(6)11-2/h5-7,9H,3-4H2,1-2H3/t5-,6+,7-/m1/s1. The Morgan fingerprint density at radius 1 is 1.27 bits per heavy atom. The van der Waals surface area contributed by atoms with Gasteiger partial charge in [-0.1, -0.05) is 0 Å². The van der Waals surface area contributed by atoms with Crippen LogP contribution in [0.3, 0.4) is 0 Å². The molecule has 0 radical (unpaired) electrons. The van der Waals surface area contributed by atoms with Crippen LogP contribution in [0.15, 0.2) is 0 Å². The number of hydrogen-bond acceptors (Lipinski definition) is 3. The Labute approximate surface area is 65.9 Å². The zero-order valence-corrected chi connectivity index (χ0v) is 6.84. The van der Waals surface area contributed by atoms with Crippen molar-refractivity contribution in [3.05, 3.63) is 0 Å². The first-order valence-electron chi connectivity index (χ1n) is 3.70. The zero-order chi connectivity index (χ0) is 8.27. The molecule has 0 aromatic rings. The number of piperidine rings is 1. The fraction of sp³-hybridized carbons (Fsp3) is 1.00. The average molecular weight is 163 g/mol. The molecule has 4 heteroatoms. The van der Waals surface area contributed by atoms with Crippen LogP contribution in [-0.4, -0.2) is 45.7 Å². The maximum Gasteiger partial charge on any atom is 0.141 e. The van der Waals surface area contributed by atoms with Crippen molar-refractivity contribution >= 4 is 0 Å². The number of alkyl halides is 1. The predicted molar refractivity (Wildman–Crippen MR) is 39.4 cm³/mol. The van der Waals surface area contributed by atoms with Gasteiger partial charge in [0.2, 0.25) is 0 Å². The van der Waals surface area contributed by atoms with Crippen molar-refractivity contribution in [3.8, 4) is 0 Å². The number of rotatable bonds is 2. The molecule has 0 spiro atoms. The summed E-state index contributed by atoms with van der Waals surface area (Å²) in [4.78, 5) is 0. The molecule has 1 aliphatic heterocycles. The Kier molecular flexibility index (Phi) is 3.23. The van der Waals surface area contributed by atoms with Gasteiger partial charge >= 0.3 is 0 Å². The van der Waals surface area contributed by atoms with Gasteiger partial charge in [-0.3, -0.25) is 0 Å². The number of methoxy groups -OCH3 is 2. The fourth-order valence-electron chi connectivity index (χ4n) is 1.35. The van der Waals surface area contributed by atoms with E-state index in [2.05, 4.69) is 5.32 Å². The van der Waals surface area contributed by atoms with Crippen molar-refractivity contribution < 1.29 is 13.9 Å². The second kappa shape index (κ2) is 3.99. The molecule has 11 heavy (non-hydrogen) atoms. The summed E-state index contributed by atoms with van der Waals surface area (Å²) in [6.07, 6.45) is -1.54. The van der Waals surface area contributed by atoms with Gasteiger partial charge in [0, 0.05) is 27.3 Å². The monoisotopic (exact) mass is 163 g/mol. The molecule has 0 bridgehead atoms. The molecule has 0 aromatic carbocycles. The topological polar surface area (TPSA) is 30.5 Å². The smallest absolute Gasteiger partial charge is 0.141 e. The number of nitrogens with one attached hydrogen (secondary N) is 1. The van der Waals surface area contributed by atoms with Crippen molar-refractivity contribution in [2.75, 3.05) is 27.3 Å². The molecule has 1 rings (SSSR count). The number of ether oxygens (including phenoxy) is 2.